The molecule has 0 saturated heterocycles. The number of carbonyl (C=O) groups is 1. The number of nitrogens with zero attached hydrogens (tertiary/aromatic N) is 2. The Hall–Kier alpha value is -2.69. The van der Waals surface area contributed by atoms with E-state index in [9.17, 15) is 14.9 Å². The van der Waals surface area contributed by atoms with Crippen molar-refractivity contribution in [1.82, 2.24) is 0 Å². The van der Waals surface area contributed by atoms with Crippen molar-refractivity contribution in [3.63, 3.8) is 0 Å². The number of carbonyl (C=O) groups excluding carboxylic acids is 1. The molecule has 0 bridgehead atoms. The van der Waals surface area contributed by atoms with Crippen molar-refractivity contribution in [2.75, 3.05) is 11.4 Å². The van der Waals surface area contributed by atoms with Crippen LogP contribution in [0.15, 0.2) is 42.5 Å². The molecule has 1 aliphatic heterocycles. The van der Waals surface area contributed by atoms with Gasteiger partial charge in [0.15, 0.2) is 5.78 Å². The predicted molar refractivity (Wildman–Crippen MR) is 80.3 cm³/mol. The molecule has 0 amide bonds. The van der Waals surface area contributed by atoms with Crippen LogP contribution in [0.1, 0.15) is 22.8 Å². The van der Waals surface area contributed by atoms with Crippen molar-refractivity contribution >= 4 is 22.8 Å². The first-order valence-corrected chi connectivity index (χ1v) is 6.73. The zero-order chi connectivity index (χ0) is 15.0. The Bertz CT molecular complexity index is 740. The van der Waals surface area contributed by atoms with Gasteiger partial charge < -0.3 is 4.90 Å². The van der Waals surface area contributed by atoms with E-state index in [-0.39, 0.29) is 11.5 Å². The standard InChI is InChI=1S/C16H14N2O3/c1-11(19)13-6-7-15(16(10-13)18(20)21)17-9-8-12-4-2-3-5-14(12)17/h2-7,10H,8-9H2,1H3. The minimum absolute atomic E-state index is 0.0283. The summed E-state index contributed by atoms with van der Waals surface area (Å²) in [7, 11) is 0. The second kappa shape index (κ2) is 5.01. The second-order valence-corrected chi connectivity index (χ2v) is 5.05. The van der Waals surface area contributed by atoms with Crippen molar-refractivity contribution in [2.24, 2.45) is 0 Å². The van der Waals surface area contributed by atoms with Gasteiger partial charge in [-0.05, 0) is 37.1 Å². The SMILES string of the molecule is CC(=O)c1ccc(N2CCc3ccccc32)c([N+](=O)[O-])c1. The van der Waals surface area contributed by atoms with Gasteiger partial charge in [-0.1, -0.05) is 18.2 Å². The highest BCUT2D eigenvalue weighted by Gasteiger charge is 2.26. The molecule has 0 unspecified atom stereocenters. The summed E-state index contributed by atoms with van der Waals surface area (Å²) in [4.78, 5) is 24.3. The van der Waals surface area contributed by atoms with Crippen molar-refractivity contribution in [1.29, 1.82) is 0 Å². The van der Waals surface area contributed by atoms with Crippen LogP contribution in [0.25, 0.3) is 0 Å². The Balaban J connectivity index is 2.11. The fourth-order valence-electron chi connectivity index (χ4n) is 2.71. The summed E-state index contributed by atoms with van der Waals surface area (Å²) in [5.41, 5.74) is 3.05. The molecule has 106 valence electrons. The molecular formula is C16H14N2O3. The highest BCUT2D eigenvalue weighted by molar-refractivity contribution is 5.96. The summed E-state index contributed by atoms with van der Waals surface area (Å²) in [6.07, 6.45) is 0.863. The molecule has 0 aliphatic carbocycles. The molecule has 5 nitrogen and oxygen atoms in total. The van der Waals surface area contributed by atoms with E-state index in [1.807, 2.05) is 29.2 Å². The largest absolute Gasteiger partial charge is 0.335 e. The lowest BCUT2D eigenvalue weighted by Gasteiger charge is -2.19. The number of hydrogen-bond acceptors (Lipinski definition) is 4. The molecule has 0 atom stereocenters. The number of nitro groups is 1. The van der Waals surface area contributed by atoms with Crippen LogP contribution < -0.4 is 4.90 Å². The number of hydrogen-bond donors (Lipinski definition) is 0. The minimum atomic E-state index is -0.428. The van der Waals surface area contributed by atoms with Gasteiger partial charge in [0.05, 0.1) is 4.92 Å². The number of para-hydroxylation sites is 1. The molecule has 2 aromatic carbocycles. The third-order valence-corrected chi connectivity index (χ3v) is 3.76. The van der Waals surface area contributed by atoms with Crippen LogP contribution in [0.2, 0.25) is 0 Å². The molecule has 0 fully saturated rings. The van der Waals surface area contributed by atoms with Gasteiger partial charge in [0.2, 0.25) is 0 Å². The predicted octanol–water partition coefficient (Wildman–Crippen LogP) is 3.49. The smallest absolute Gasteiger partial charge is 0.293 e. The summed E-state index contributed by atoms with van der Waals surface area (Å²) in [5, 5.41) is 11.3. The number of nitro benzene ring substituents is 1. The first-order valence-electron chi connectivity index (χ1n) is 6.73. The Morgan fingerprint density at radius 1 is 1.19 bits per heavy atom. The lowest BCUT2D eigenvalue weighted by atomic mass is 10.1. The molecule has 5 heteroatoms. The molecule has 0 aromatic heterocycles. The zero-order valence-corrected chi connectivity index (χ0v) is 11.6. The van der Waals surface area contributed by atoms with Gasteiger partial charge in [-0.2, -0.15) is 0 Å². The highest BCUT2D eigenvalue weighted by Crippen LogP contribution is 2.39. The number of anilines is 2. The summed E-state index contributed by atoms with van der Waals surface area (Å²) < 4.78 is 0. The van der Waals surface area contributed by atoms with Gasteiger partial charge in [-0.25, -0.2) is 0 Å². The van der Waals surface area contributed by atoms with E-state index in [1.54, 1.807) is 12.1 Å². The van der Waals surface area contributed by atoms with Crippen molar-refractivity contribution in [2.45, 2.75) is 13.3 Å². The average molecular weight is 282 g/mol. The van der Waals surface area contributed by atoms with Crippen molar-refractivity contribution in [3.8, 4) is 0 Å². The summed E-state index contributed by atoms with van der Waals surface area (Å²) in [5.74, 6) is -0.175. The van der Waals surface area contributed by atoms with Crippen molar-refractivity contribution in [3.05, 3.63) is 63.7 Å². The Morgan fingerprint density at radius 3 is 2.67 bits per heavy atom. The molecule has 2 aromatic rings. The van der Waals surface area contributed by atoms with E-state index in [4.69, 9.17) is 0 Å². The maximum atomic E-state index is 11.4. The van der Waals surface area contributed by atoms with Crippen LogP contribution in [0.4, 0.5) is 17.1 Å². The maximum absolute atomic E-state index is 11.4. The van der Waals surface area contributed by atoms with E-state index >= 15 is 0 Å². The van der Waals surface area contributed by atoms with Crippen LogP contribution in [0, 0.1) is 10.1 Å². The van der Waals surface area contributed by atoms with Crippen LogP contribution in [-0.2, 0) is 6.42 Å². The van der Waals surface area contributed by atoms with Gasteiger partial charge in [0.25, 0.3) is 5.69 Å². The number of benzene rings is 2. The normalized spacial score (nSPS) is 13.1. The Kier molecular flexibility index (Phi) is 3.17. The topological polar surface area (TPSA) is 63.5 Å². The van der Waals surface area contributed by atoms with Crippen LogP contribution in [-0.4, -0.2) is 17.3 Å². The van der Waals surface area contributed by atoms with Gasteiger partial charge >= 0.3 is 0 Å². The maximum Gasteiger partial charge on any atom is 0.293 e. The average Bonchev–Trinajstić information content (AvgIpc) is 2.90. The molecule has 21 heavy (non-hydrogen) atoms. The van der Waals surface area contributed by atoms with Gasteiger partial charge in [-0.3, -0.25) is 14.9 Å². The van der Waals surface area contributed by atoms with E-state index in [2.05, 4.69) is 0 Å². The first-order chi connectivity index (χ1) is 10.1. The molecular weight excluding hydrogens is 268 g/mol. The minimum Gasteiger partial charge on any atom is -0.335 e. The lowest BCUT2D eigenvalue weighted by molar-refractivity contribution is -0.384. The Labute approximate surface area is 122 Å². The highest BCUT2D eigenvalue weighted by atomic mass is 16.6. The van der Waals surface area contributed by atoms with Crippen LogP contribution in [0.5, 0.6) is 0 Å². The van der Waals surface area contributed by atoms with E-state index < -0.39 is 4.92 Å². The second-order valence-electron chi connectivity index (χ2n) is 5.05. The van der Waals surface area contributed by atoms with Crippen LogP contribution in [0.3, 0.4) is 0 Å². The summed E-state index contributed by atoms with van der Waals surface area (Å²) in [6, 6.07) is 12.6. The molecule has 3 rings (SSSR count). The molecule has 0 radical (unpaired) electrons. The first kappa shape index (κ1) is 13.3. The molecule has 0 saturated carbocycles. The summed E-state index contributed by atoms with van der Waals surface area (Å²) >= 11 is 0. The van der Waals surface area contributed by atoms with E-state index in [0.29, 0.717) is 17.8 Å². The quantitative estimate of drug-likeness (QED) is 0.491. The fourth-order valence-corrected chi connectivity index (χ4v) is 2.71. The van der Waals surface area contributed by atoms with E-state index in [1.165, 1.54) is 18.6 Å². The Morgan fingerprint density at radius 2 is 1.95 bits per heavy atom. The van der Waals surface area contributed by atoms with Gasteiger partial charge in [0, 0.05) is 23.9 Å². The van der Waals surface area contributed by atoms with Crippen LogP contribution >= 0.6 is 0 Å². The number of rotatable bonds is 3. The fraction of sp³-hybridized carbons (Fsp3) is 0.188. The third kappa shape index (κ3) is 2.27. The molecule has 1 heterocycles. The van der Waals surface area contributed by atoms with Gasteiger partial charge in [-0.15, -0.1) is 0 Å². The number of Topliss-reactive ketones (excluding diaryl/α,β-unsaturated/α-hetero) is 1. The van der Waals surface area contributed by atoms with E-state index in [0.717, 1.165) is 12.1 Å². The summed E-state index contributed by atoms with van der Waals surface area (Å²) in [6.45, 7) is 2.11. The van der Waals surface area contributed by atoms with Gasteiger partial charge in [0.1, 0.15) is 5.69 Å². The number of ketones is 1. The van der Waals surface area contributed by atoms with Crippen molar-refractivity contribution < 1.29 is 9.72 Å². The number of fused-ring (bicyclic) bond motifs is 1. The molecule has 0 spiro atoms. The monoisotopic (exact) mass is 282 g/mol. The zero-order valence-electron chi connectivity index (χ0n) is 11.6. The third-order valence-electron chi connectivity index (χ3n) is 3.76. The molecule has 1 aliphatic rings. The molecule has 0 N–H and O–H groups in total. The lowest BCUT2D eigenvalue weighted by Crippen LogP contribution is -2.15.